The summed E-state index contributed by atoms with van der Waals surface area (Å²) in [6, 6.07) is 4.81. The first-order valence-electron chi connectivity index (χ1n) is 6.08. The van der Waals surface area contributed by atoms with E-state index in [0.717, 1.165) is 5.56 Å². The van der Waals surface area contributed by atoms with Gasteiger partial charge in [0.15, 0.2) is 0 Å². The largest absolute Gasteiger partial charge is 0.393 e. The zero-order chi connectivity index (χ0) is 13.8. The summed E-state index contributed by atoms with van der Waals surface area (Å²) in [5, 5.41) is 13.6. The van der Waals surface area contributed by atoms with Crippen molar-refractivity contribution in [1.29, 1.82) is 0 Å². The lowest BCUT2D eigenvalue weighted by atomic mass is 10.1. The van der Waals surface area contributed by atoms with Gasteiger partial charge in [0.2, 0.25) is 5.91 Å². The van der Waals surface area contributed by atoms with Crippen LogP contribution >= 0.6 is 0 Å². The van der Waals surface area contributed by atoms with Crippen LogP contribution < -0.4 is 11.1 Å². The number of hydrogen-bond acceptors (Lipinski definition) is 5. The molecule has 3 N–H and O–H groups in total. The summed E-state index contributed by atoms with van der Waals surface area (Å²) in [5.41, 5.74) is 6.68. The Labute approximate surface area is 110 Å². The second-order valence-electron chi connectivity index (χ2n) is 4.48. The summed E-state index contributed by atoms with van der Waals surface area (Å²) in [4.78, 5) is 23.6. The lowest BCUT2D eigenvalue weighted by molar-refractivity contribution is -0.384. The summed E-state index contributed by atoms with van der Waals surface area (Å²) in [6.45, 7) is 2.46. The Bertz CT molecular complexity index is 504. The van der Waals surface area contributed by atoms with E-state index in [4.69, 9.17) is 5.73 Å². The van der Waals surface area contributed by atoms with Crippen molar-refractivity contribution in [1.82, 2.24) is 10.2 Å². The van der Waals surface area contributed by atoms with Gasteiger partial charge in [-0.3, -0.25) is 19.8 Å². The Morgan fingerprint density at radius 2 is 2.21 bits per heavy atom. The van der Waals surface area contributed by atoms with Gasteiger partial charge in [0.25, 0.3) is 5.69 Å². The van der Waals surface area contributed by atoms with Crippen molar-refractivity contribution >= 4 is 17.3 Å². The number of nitro groups is 1. The van der Waals surface area contributed by atoms with E-state index >= 15 is 0 Å². The molecule has 7 nitrogen and oxygen atoms in total. The van der Waals surface area contributed by atoms with Crippen molar-refractivity contribution in [3.8, 4) is 0 Å². The maximum absolute atomic E-state index is 11.2. The number of carbonyl (C=O) groups excluding carboxylic acids is 1. The Hall–Kier alpha value is -2.15. The molecule has 0 atom stereocenters. The highest BCUT2D eigenvalue weighted by Gasteiger charge is 2.18. The molecule has 0 spiro atoms. The number of carbonyl (C=O) groups is 1. The highest BCUT2D eigenvalue weighted by Crippen LogP contribution is 2.25. The second-order valence-corrected chi connectivity index (χ2v) is 4.48. The number of hydrogen-bond donors (Lipinski definition) is 2. The number of amides is 1. The number of nitrogens with two attached hydrogens (primary N) is 1. The molecule has 2 rings (SSSR count). The number of para-hydroxylation sites is 1. The number of nitro benzene ring substituents is 1. The molecular formula is C12H16N4O3. The van der Waals surface area contributed by atoms with E-state index in [-0.39, 0.29) is 17.3 Å². The smallest absolute Gasteiger partial charge is 0.292 e. The van der Waals surface area contributed by atoms with Crippen LogP contribution in [-0.4, -0.2) is 35.4 Å². The molecule has 0 aliphatic carbocycles. The molecule has 0 unspecified atom stereocenters. The van der Waals surface area contributed by atoms with Gasteiger partial charge in [-0.1, -0.05) is 12.1 Å². The minimum atomic E-state index is -0.480. The number of nitrogens with one attached hydrogen (secondary N) is 1. The third-order valence-corrected chi connectivity index (χ3v) is 3.17. The quantitative estimate of drug-likeness (QED) is 0.470. The molecule has 7 heteroatoms. The van der Waals surface area contributed by atoms with Crippen LogP contribution in [0.1, 0.15) is 12.0 Å². The number of nitrogen functional groups attached to an aromatic ring is 1. The highest BCUT2D eigenvalue weighted by atomic mass is 16.6. The van der Waals surface area contributed by atoms with Crippen LogP contribution in [0.15, 0.2) is 18.2 Å². The fourth-order valence-corrected chi connectivity index (χ4v) is 2.11. The maximum Gasteiger partial charge on any atom is 0.292 e. The van der Waals surface area contributed by atoms with Crippen LogP contribution in [0.25, 0.3) is 0 Å². The summed E-state index contributed by atoms with van der Waals surface area (Å²) in [7, 11) is 0. The van der Waals surface area contributed by atoms with Crippen LogP contribution in [0, 0.1) is 10.1 Å². The van der Waals surface area contributed by atoms with E-state index in [1.807, 2.05) is 0 Å². The molecule has 1 aliphatic rings. The van der Waals surface area contributed by atoms with Crippen molar-refractivity contribution in [2.45, 2.75) is 13.0 Å². The van der Waals surface area contributed by atoms with E-state index in [2.05, 4.69) is 10.2 Å². The van der Waals surface area contributed by atoms with Crippen LogP contribution in [0.5, 0.6) is 0 Å². The lowest BCUT2D eigenvalue weighted by Crippen LogP contribution is -2.28. The first-order valence-corrected chi connectivity index (χ1v) is 6.08. The predicted octanol–water partition coefficient (Wildman–Crippen LogP) is 0.499. The lowest BCUT2D eigenvalue weighted by Gasteiger charge is -2.19. The highest BCUT2D eigenvalue weighted by molar-refractivity contribution is 5.76. The molecular weight excluding hydrogens is 248 g/mol. The van der Waals surface area contributed by atoms with Gasteiger partial charge in [0.05, 0.1) is 4.92 Å². The van der Waals surface area contributed by atoms with Crippen LogP contribution in [-0.2, 0) is 11.3 Å². The summed E-state index contributed by atoms with van der Waals surface area (Å²) >= 11 is 0. The molecule has 19 heavy (non-hydrogen) atoms. The predicted molar refractivity (Wildman–Crippen MR) is 70.4 cm³/mol. The number of rotatable bonds is 3. The fraction of sp³-hybridized carbons (Fsp3) is 0.417. The van der Waals surface area contributed by atoms with Crippen molar-refractivity contribution in [3.63, 3.8) is 0 Å². The summed E-state index contributed by atoms with van der Waals surface area (Å²) < 4.78 is 0. The van der Waals surface area contributed by atoms with Gasteiger partial charge in [0.1, 0.15) is 5.69 Å². The van der Waals surface area contributed by atoms with Gasteiger partial charge in [-0.15, -0.1) is 0 Å². The van der Waals surface area contributed by atoms with Gasteiger partial charge >= 0.3 is 0 Å². The molecule has 1 fully saturated rings. The molecule has 1 aromatic carbocycles. The van der Waals surface area contributed by atoms with Gasteiger partial charge in [-0.25, -0.2) is 0 Å². The minimum Gasteiger partial charge on any atom is -0.393 e. The topological polar surface area (TPSA) is 102 Å². The first-order chi connectivity index (χ1) is 9.08. The van der Waals surface area contributed by atoms with Crippen molar-refractivity contribution in [3.05, 3.63) is 33.9 Å². The van der Waals surface area contributed by atoms with Gasteiger partial charge < -0.3 is 11.1 Å². The number of anilines is 1. The molecule has 1 saturated heterocycles. The third kappa shape index (κ3) is 3.19. The fourth-order valence-electron chi connectivity index (χ4n) is 2.11. The molecule has 0 bridgehead atoms. The molecule has 0 saturated carbocycles. The van der Waals surface area contributed by atoms with Crippen LogP contribution in [0.4, 0.5) is 11.4 Å². The Morgan fingerprint density at radius 3 is 2.95 bits per heavy atom. The molecule has 102 valence electrons. The van der Waals surface area contributed by atoms with E-state index < -0.39 is 4.92 Å². The van der Waals surface area contributed by atoms with E-state index in [1.54, 1.807) is 12.1 Å². The van der Waals surface area contributed by atoms with Gasteiger partial charge in [-0.2, -0.15) is 0 Å². The van der Waals surface area contributed by atoms with E-state index in [0.29, 0.717) is 32.6 Å². The van der Waals surface area contributed by atoms with Gasteiger partial charge in [0, 0.05) is 38.7 Å². The molecule has 0 aromatic heterocycles. The second kappa shape index (κ2) is 5.66. The van der Waals surface area contributed by atoms with Crippen molar-refractivity contribution in [2.75, 3.05) is 25.4 Å². The average molecular weight is 264 g/mol. The van der Waals surface area contributed by atoms with Crippen molar-refractivity contribution in [2.24, 2.45) is 0 Å². The Morgan fingerprint density at radius 1 is 1.42 bits per heavy atom. The van der Waals surface area contributed by atoms with E-state index in [1.165, 1.54) is 6.07 Å². The zero-order valence-electron chi connectivity index (χ0n) is 10.5. The SMILES string of the molecule is Nc1c(CN2CCNC(=O)CC2)cccc1[N+](=O)[O-]. The molecule has 1 amide bonds. The standard InChI is InChI=1S/C12H16N4O3/c13-12-9(2-1-3-10(12)16(18)19)8-15-6-4-11(17)14-5-7-15/h1-3H,4-8,13H2,(H,14,17). The Kier molecular flexibility index (Phi) is 3.96. The van der Waals surface area contributed by atoms with Gasteiger partial charge in [-0.05, 0) is 5.56 Å². The summed E-state index contributed by atoms with van der Waals surface area (Å²) in [6.07, 6.45) is 0.439. The van der Waals surface area contributed by atoms with E-state index in [9.17, 15) is 14.9 Å². The minimum absolute atomic E-state index is 0.0366. The maximum atomic E-state index is 11.2. The Balaban J connectivity index is 2.12. The molecule has 1 aromatic rings. The molecule has 0 radical (unpaired) electrons. The van der Waals surface area contributed by atoms with Crippen molar-refractivity contribution < 1.29 is 9.72 Å². The first kappa shape index (κ1) is 13.3. The number of benzene rings is 1. The number of nitrogens with zero attached hydrogens (tertiary/aromatic N) is 2. The molecule has 1 heterocycles. The third-order valence-electron chi connectivity index (χ3n) is 3.17. The van der Waals surface area contributed by atoms with Crippen LogP contribution in [0.2, 0.25) is 0 Å². The normalized spacial score (nSPS) is 16.7. The van der Waals surface area contributed by atoms with Crippen LogP contribution in [0.3, 0.4) is 0 Å². The summed E-state index contributed by atoms with van der Waals surface area (Å²) in [5.74, 6) is 0.0366. The monoisotopic (exact) mass is 264 g/mol. The zero-order valence-corrected chi connectivity index (χ0v) is 10.5. The average Bonchev–Trinajstić information content (AvgIpc) is 2.57. The molecule has 1 aliphatic heterocycles.